The monoisotopic (exact) mass is 274 g/mol. The van der Waals surface area contributed by atoms with Crippen molar-refractivity contribution >= 4 is 11.6 Å². The van der Waals surface area contributed by atoms with Gasteiger partial charge in [0.2, 0.25) is 5.91 Å². The predicted octanol–water partition coefficient (Wildman–Crippen LogP) is 1.49. The fourth-order valence-electron chi connectivity index (χ4n) is 2.86. The minimum Gasteiger partial charge on any atom is -0.334 e. The van der Waals surface area contributed by atoms with E-state index in [1.165, 1.54) is 10.6 Å². The molecule has 3 rings (SSSR count). The Labute approximate surface area is 116 Å². The van der Waals surface area contributed by atoms with Crippen LogP contribution in [-0.2, 0) is 4.79 Å². The maximum atomic E-state index is 12.1. The van der Waals surface area contributed by atoms with E-state index in [4.69, 9.17) is 0 Å². The maximum absolute atomic E-state index is 12.1. The molecule has 1 aliphatic heterocycles. The van der Waals surface area contributed by atoms with Gasteiger partial charge in [-0.15, -0.1) is 0 Å². The van der Waals surface area contributed by atoms with Gasteiger partial charge in [-0.2, -0.15) is 0 Å². The molecule has 1 N–H and O–H groups in total. The van der Waals surface area contributed by atoms with Crippen LogP contribution < -0.4 is 5.56 Å². The fourth-order valence-corrected chi connectivity index (χ4v) is 2.86. The molecule has 0 aliphatic carbocycles. The Morgan fingerprint density at radius 2 is 2.35 bits per heavy atom. The number of H-pyrrole nitrogens is 1. The summed E-state index contributed by atoms with van der Waals surface area (Å²) < 4.78 is 1.40. The number of hydrogen-bond acceptors (Lipinski definition) is 3. The lowest BCUT2D eigenvalue weighted by atomic mass is 9.98. The van der Waals surface area contributed by atoms with Gasteiger partial charge in [-0.05, 0) is 19.3 Å². The second kappa shape index (κ2) is 5.11. The first-order valence-corrected chi connectivity index (χ1v) is 7.07. The Kier molecular flexibility index (Phi) is 3.30. The number of nitrogens with one attached hydrogen (secondary N) is 1. The molecule has 2 aromatic rings. The number of carbonyl (C=O) groups is 1. The summed E-state index contributed by atoms with van der Waals surface area (Å²) in [5.74, 6) is 0.130. The van der Waals surface area contributed by atoms with Gasteiger partial charge in [-0.1, -0.05) is 6.92 Å². The van der Waals surface area contributed by atoms with Crippen molar-refractivity contribution in [3.05, 3.63) is 34.4 Å². The highest BCUT2D eigenvalue weighted by Crippen LogP contribution is 2.29. The number of aromatic amines is 1. The molecule has 0 saturated carbocycles. The number of likely N-dealkylation sites (tertiary alicyclic amines) is 1. The lowest BCUT2D eigenvalue weighted by molar-refractivity contribution is -0.134. The van der Waals surface area contributed by atoms with Gasteiger partial charge < -0.3 is 4.90 Å². The summed E-state index contributed by atoms with van der Waals surface area (Å²) in [4.78, 5) is 30.5. The largest absolute Gasteiger partial charge is 0.334 e. The molecular formula is C14H18N4O2. The zero-order valence-corrected chi connectivity index (χ0v) is 11.5. The molecular weight excluding hydrogens is 256 g/mol. The van der Waals surface area contributed by atoms with Gasteiger partial charge in [-0.3, -0.25) is 14.7 Å². The molecule has 0 aromatic carbocycles. The van der Waals surface area contributed by atoms with Crippen molar-refractivity contribution in [1.29, 1.82) is 0 Å². The normalized spacial score (nSPS) is 19.4. The van der Waals surface area contributed by atoms with Crippen LogP contribution in [0.2, 0.25) is 0 Å². The lowest BCUT2D eigenvalue weighted by Crippen LogP contribution is -2.39. The van der Waals surface area contributed by atoms with Crippen LogP contribution in [-0.4, -0.2) is 31.9 Å². The molecule has 1 amide bonds. The number of amides is 1. The number of nitrogens with zero attached hydrogens (tertiary/aromatic N) is 3. The third kappa shape index (κ3) is 2.11. The molecule has 3 heterocycles. The van der Waals surface area contributed by atoms with Gasteiger partial charge in [0, 0.05) is 31.3 Å². The van der Waals surface area contributed by atoms with Crippen molar-refractivity contribution in [2.45, 2.75) is 38.6 Å². The summed E-state index contributed by atoms with van der Waals surface area (Å²) in [6.45, 7) is 2.62. The van der Waals surface area contributed by atoms with Gasteiger partial charge in [0.25, 0.3) is 5.56 Å². The lowest BCUT2D eigenvalue weighted by Gasteiger charge is -2.35. The Morgan fingerprint density at radius 1 is 1.50 bits per heavy atom. The van der Waals surface area contributed by atoms with Crippen LogP contribution in [0.4, 0.5) is 0 Å². The zero-order chi connectivity index (χ0) is 14.1. The van der Waals surface area contributed by atoms with Crippen molar-refractivity contribution in [1.82, 2.24) is 19.5 Å². The Morgan fingerprint density at radius 3 is 3.15 bits per heavy atom. The Balaban J connectivity index is 2.03. The van der Waals surface area contributed by atoms with E-state index in [-0.39, 0.29) is 17.5 Å². The molecule has 1 aliphatic rings. The third-order valence-corrected chi connectivity index (χ3v) is 3.87. The SMILES string of the molecule is CCC(=O)N1CCCC[C@@H]1c1cc(=O)n2[nH]ccc2n1. The van der Waals surface area contributed by atoms with E-state index in [9.17, 15) is 9.59 Å². The first kappa shape index (κ1) is 12.9. The third-order valence-electron chi connectivity index (χ3n) is 3.87. The summed E-state index contributed by atoms with van der Waals surface area (Å²) in [7, 11) is 0. The van der Waals surface area contributed by atoms with E-state index >= 15 is 0 Å². The second-order valence-electron chi connectivity index (χ2n) is 5.13. The van der Waals surface area contributed by atoms with E-state index in [1.54, 1.807) is 12.3 Å². The predicted molar refractivity (Wildman–Crippen MR) is 74.4 cm³/mol. The average Bonchev–Trinajstić information content (AvgIpc) is 2.95. The standard InChI is InChI=1S/C14H18N4O2/c1-2-13(19)17-8-4-3-5-11(17)10-9-14(20)18-12(16-10)6-7-15-18/h6-7,9,11,15H,2-5,8H2,1H3/t11-/m1/s1. The molecule has 20 heavy (non-hydrogen) atoms. The number of rotatable bonds is 2. The molecule has 0 unspecified atom stereocenters. The average molecular weight is 274 g/mol. The molecule has 2 aromatic heterocycles. The van der Waals surface area contributed by atoms with Gasteiger partial charge >= 0.3 is 0 Å². The van der Waals surface area contributed by atoms with Crippen LogP contribution in [0.3, 0.4) is 0 Å². The van der Waals surface area contributed by atoms with E-state index < -0.39 is 0 Å². The maximum Gasteiger partial charge on any atom is 0.272 e. The Hall–Kier alpha value is -2.11. The van der Waals surface area contributed by atoms with Crippen molar-refractivity contribution in [3.8, 4) is 0 Å². The van der Waals surface area contributed by atoms with E-state index in [0.29, 0.717) is 17.8 Å². The van der Waals surface area contributed by atoms with Crippen LogP contribution >= 0.6 is 0 Å². The fraction of sp³-hybridized carbons (Fsp3) is 0.500. The number of fused-ring (bicyclic) bond motifs is 1. The summed E-state index contributed by atoms with van der Waals surface area (Å²) >= 11 is 0. The van der Waals surface area contributed by atoms with Crippen molar-refractivity contribution < 1.29 is 4.79 Å². The van der Waals surface area contributed by atoms with Crippen LogP contribution in [0, 0.1) is 0 Å². The highest BCUT2D eigenvalue weighted by atomic mass is 16.2. The number of aromatic nitrogens is 3. The van der Waals surface area contributed by atoms with E-state index in [2.05, 4.69) is 10.1 Å². The van der Waals surface area contributed by atoms with E-state index in [1.807, 2.05) is 11.8 Å². The van der Waals surface area contributed by atoms with Crippen molar-refractivity contribution in [3.63, 3.8) is 0 Å². The minimum atomic E-state index is -0.135. The molecule has 6 nitrogen and oxygen atoms in total. The second-order valence-corrected chi connectivity index (χ2v) is 5.13. The molecule has 1 saturated heterocycles. The summed E-state index contributed by atoms with van der Waals surface area (Å²) in [6.07, 6.45) is 5.13. The number of piperidine rings is 1. The zero-order valence-electron chi connectivity index (χ0n) is 11.5. The smallest absolute Gasteiger partial charge is 0.272 e. The van der Waals surface area contributed by atoms with Gasteiger partial charge in [0.1, 0.15) is 0 Å². The van der Waals surface area contributed by atoms with Gasteiger partial charge in [0.15, 0.2) is 5.65 Å². The van der Waals surface area contributed by atoms with Gasteiger partial charge in [-0.25, -0.2) is 9.50 Å². The minimum absolute atomic E-state index is 0.0659. The molecule has 1 fully saturated rings. The molecule has 6 heteroatoms. The molecule has 0 radical (unpaired) electrons. The Bertz CT molecular complexity index is 688. The molecule has 1 atom stereocenters. The summed E-state index contributed by atoms with van der Waals surface area (Å²) in [5.41, 5.74) is 1.17. The van der Waals surface area contributed by atoms with E-state index in [0.717, 1.165) is 25.8 Å². The number of hydrogen-bond donors (Lipinski definition) is 1. The quantitative estimate of drug-likeness (QED) is 0.901. The molecule has 0 bridgehead atoms. The van der Waals surface area contributed by atoms with Crippen molar-refractivity contribution in [2.75, 3.05) is 6.54 Å². The van der Waals surface area contributed by atoms with Crippen LogP contribution in [0.25, 0.3) is 5.65 Å². The van der Waals surface area contributed by atoms with Gasteiger partial charge in [0.05, 0.1) is 11.7 Å². The summed E-state index contributed by atoms with van der Waals surface area (Å²) in [5, 5.41) is 2.82. The van der Waals surface area contributed by atoms with Crippen LogP contribution in [0.5, 0.6) is 0 Å². The molecule has 0 spiro atoms. The first-order valence-electron chi connectivity index (χ1n) is 7.07. The summed E-state index contributed by atoms with van der Waals surface area (Å²) in [6, 6.07) is 3.23. The van der Waals surface area contributed by atoms with Crippen molar-refractivity contribution in [2.24, 2.45) is 0 Å². The first-order chi connectivity index (χ1) is 9.70. The highest BCUT2D eigenvalue weighted by molar-refractivity contribution is 5.76. The highest BCUT2D eigenvalue weighted by Gasteiger charge is 2.28. The number of carbonyl (C=O) groups excluding carboxylic acids is 1. The molecule has 106 valence electrons. The van der Waals surface area contributed by atoms with Crippen LogP contribution in [0.1, 0.15) is 44.3 Å². The van der Waals surface area contributed by atoms with Crippen LogP contribution in [0.15, 0.2) is 23.1 Å². The topological polar surface area (TPSA) is 70.5 Å².